The fourth-order valence-electron chi connectivity index (χ4n) is 4.19. The molecule has 0 N–H and O–H groups in total. The van der Waals surface area contributed by atoms with Crippen molar-refractivity contribution in [1.82, 2.24) is 0 Å². The molecule has 0 saturated heterocycles. The fraction of sp³-hybridized carbons (Fsp3) is 0. The van der Waals surface area contributed by atoms with Gasteiger partial charge in [-0.05, 0) is 0 Å². The third kappa shape index (κ3) is 5.78. The zero-order valence-electron chi connectivity index (χ0n) is 17.7. The van der Waals surface area contributed by atoms with Crippen LogP contribution in [0.4, 0.5) is 0 Å². The van der Waals surface area contributed by atoms with E-state index in [4.69, 9.17) is 139 Å². The molecule has 0 heterocycles. The van der Waals surface area contributed by atoms with Crippen molar-refractivity contribution in [1.29, 1.82) is 0 Å². The Labute approximate surface area is 277 Å². The molecule has 4 rings (SSSR count). The molecule has 0 fully saturated rings. The Hall–Kier alpha value is 1.16. The molecular weight excluding hydrogens is 832 g/mol. The van der Waals surface area contributed by atoms with Gasteiger partial charge in [-0.15, -0.1) is 0 Å². The Morgan fingerprint density at radius 1 is 0.297 bits per heavy atom. The van der Waals surface area contributed by atoms with Crippen LogP contribution in [0.5, 0.6) is 0 Å². The van der Waals surface area contributed by atoms with Crippen molar-refractivity contribution in [2.75, 3.05) is 0 Å². The van der Waals surface area contributed by atoms with E-state index in [9.17, 15) is 0 Å². The Morgan fingerprint density at radius 2 is 0.486 bits per heavy atom. The van der Waals surface area contributed by atoms with Crippen LogP contribution in [-0.4, -0.2) is 18.4 Å². The summed E-state index contributed by atoms with van der Waals surface area (Å²) in [5.74, 6) is 0. The van der Waals surface area contributed by atoms with Crippen LogP contribution in [0.1, 0.15) is 0 Å². The summed E-state index contributed by atoms with van der Waals surface area (Å²) in [5, 5.41) is 2.67. The summed E-state index contributed by atoms with van der Waals surface area (Å²) in [6.07, 6.45) is 0. The van der Waals surface area contributed by atoms with E-state index in [0.29, 0.717) is 34.4 Å². The number of benzene rings is 4. The molecule has 0 atom stereocenters. The van der Waals surface area contributed by atoms with E-state index >= 15 is 0 Å². The van der Waals surface area contributed by atoms with E-state index in [2.05, 4.69) is 0 Å². The Bertz CT molecular complexity index is 1330. The van der Waals surface area contributed by atoms with E-state index in [1.54, 1.807) is 24.3 Å². The second-order valence-corrected chi connectivity index (χ2v) is 23.1. The molecular formula is C24H8Cl12Sn. The first kappa shape index (κ1) is 31.1. The summed E-state index contributed by atoms with van der Waals surface area (Å²) in [6, 6.07) is 12.7. The summed E-state index contributed by atoms with van der Waals surface area (Å²) in [7, 11) is 0. The first-order valence-corrected chi connectivity index (χ1v) is 20.1. The third-order valence-electron chi connectivity index (χ3n) is 5.59. The van der Waals surface area contributed by atoms with E-state index in [0.717, 1.165) is 0 Å². The van der Waals surface area contributed by atoms with Gasteiger partial charge in [0.15, 0.2) is 0 Å². The van der Waals surface area contributed by atoms with Crippen molar-refractivity contribution in [3.05, 3.63) is 109 Å². The van der Waals surface area contributed by atoms with Crippen molar-refractivity contribution < 1.29 is 0 Å². The van der Waals surface area contributed by atoms with Gasteiger partial charge in [0.25, 0.3) is 0 Å². The number of halogens is 12. The molecule has 0 aliphatic rings. The third-order valence-corrected chi connectivity index (χ3v) is 25.2. The number of hydrogen-bond donors (Lipinski definition) is 0. The second kappa shape index (κ2) is 12.2. The van der Waals surface area contributed by atoms with Gasteiger partial charge < -0.3 is 0 Å². The molecule has 0 aliphatic heterocycles. The summed E-state index contributed by atoms with van der Waals surface area (Å²) < 4.78 is 2.03. The summed E-state index contributed by atoms with van der Waals surface area (Å²) >= 11 is 75.0. The van der Waals surface area contributed by atoms with E-state index in [1.165, 1.54) is 24.3 Å². The van der Waals surface area contributed by atoms with Crippen molar-refractivity contribution in [3.8, 4) is 0 Å². The number of hydrogen-bond acceptors (Lipinski definition) is 0. The first-order chi connectivity index (χ1) is 17.3. The van der Waals surface area contributed by atoms with E-state index in [-0.39, 0.29) is 40.2 Å². The average Bonchev–Trinajstić information content (AvgIpc) is 2.80. The van der Waals surface area contributed by atoms with Gasteiger partial charge in [-0.2, -0.15) is 0 Å². The molecule has 37 heavy (non-hydrogen) atoms. The van der Waals surface area contributed by atoms with E-state index in [1.807, 2.05) is 0 Å². The van der Waals surface area contributed by atoms with Gasteiger partial charge >= 0.3 is 281 Å². The zero-order chi connectivity index (χ0) is 27.4. The average molecular weight is 840 g/mol. The summed E-state index contributed by atoms with van der Waals surface area (Å²) in [6.45, 7) is 0. The van der Waals surface area contributed by atoms with Gasteiger partial charge in [-0.3, -0.25) is 0 Å². The predicted molar refractivity (Wildman–Crippen MR) is 170 cm³/mol. The van der Waals surface area contributed by atoms with Crippen LogP contribution in [0.2, 0.25) is 60.3 Å². The molecule has 13 heteroatoms. The molecule has 0 aliphatic carbocycles. The van der Waals surface area contributed by atoms with E-state index < -0.39 is 18.4 Å². The molecule has 192 valence electrons. The maximum absolute atomic E-state index is 6.93. The summed E-state index contributed by atoms with van der Waals surface area (Å²) in [4.78, 5) is 0. The monoisotopic (exact) mass is 836 g/mol. The molecule has 0 nitrogen and oxygen atoms in total. The van der Waals surface area contributed by atoms with Crippen LogP contribution in [0.3, 0.4) is 0 Å². The van der Waals surface area contributed by atoms with Crippen molar-refractivity contribution in [2.24, 2.45) is 0 Å². The summed E-state index contributed by atoms with van der Waals surface area (Å²) in [5.41, 5.74) is 0. The van der Waals surface area contributed by atoms with Crippen LogP contribution in [0, 0.1) is 0 Å². The van der Waals surface area contributed by atoms with Gasteiger partial charge in [-0.1, -0.05) is 0 Å². The first-order valence-electron chi connectivity index (χ1n) is 9.89. The normalized spacial score (nSPS) is 11.8. The molecule has 4 aromatic carbocycles. The molecule has 0 bridgehead atoms. The van der Waals surface area contributed by atoms with Gasteiger partial charge in [-0.25, -0.2) is 0 Å². The minimum atomic E-state index is -5.10. The maximum atomic E-state index is 6.93. The fourth-order valence-corrected chi connectivity index (χ4v) is 26.9. The minimum absolute atomic E-state index is 0.183. The van der Waals surface area contributed by atoms with Crippen LogP contribution in [-0.2, 0) is 0 Å². The van der Waals surface area contributed by atoms with Gasteiger partial charge in [0.05, 0.1) is 0 Å². The van der Waals surface area contributed by atoms with Gasteiger partial charge in [0.2, 0.25) is 0 Å². The predicted octanol–water partition coefficient (Wildman–Crippen LogP) is 10.9. The van der Waals surface area contributed by atoms with Gasteiger partial charge in [0, 0.05) is 0 Å². The Kier molecular flexibility index (Phi) is 10.2. The SMILES string of the molecule is Clc1cc(Cl)c(Cl)[c]([Sn]([c]2cc(Cl)cc(Cl)c2Cl)([c]2cc(Cl)cc(Cl)c2Cl)[c]2cc(Cl)cc(Cl)c2Cl)c1. The zero-order valence-corrected chi connectivity index (χ0v) is 29.6. The van der Waals surface area contributed by atoms with Crippen LogP contribution >= 0.6 is 139 Å². The molecule has 0 radical (unpaired) electrons. The van der Waals surface area contributed by atoms with Crippen molar-refractivity contribution >= 4 is 172 Å². The molecule has 0 aromatic heterocycles. The van der Waals surface area contributed by atoms with Crippen LogP contribution < -0.4 is 14.3 Å². The Balaban J connectivity index is 2.45. The van der Waals surface area contributed by atoms with Crippen LogP contribution in [0.15, 0.2) is 48.5 Å². The Morgan fingerprint density at radius 3 is 0.676 bits per heavy atom. The van der Waals surface area contributed by atoms with Crippen molar-refractivity contribution in [2.45, 2.75) is 0 Å². The quantitative estimate of drug-likeness (QED) is 0.142. The van der Waals surface area contributed by atoms with Gasteiger partial charge in [0.1, 0.15) is 0 Å². The van der Waals surface area contributed by atoms with Crippen molar-refractivity contribution in [3.63, 3.8) is 0 Å². The molecule has 0 saturated carbocycles. The second-order valence-electron chi connectivity index (χ2n) is 7.75. The molecule has 0 spiro atoms. The molecule has 0 unspecified atom stereocenters. The molecule has 4 aromatic rings. The number of rotatable bonds is 4. The topological polar surface area (TPSA) is 0 Å². The van der Waals surface area contributed by atoms with Crippen LogP contribution in [0.25, 0.3) is 0 Å². The molecule has 0 amide bonds. The standard InChI is InChI=1S/4C6H2Cl3.Sn/c4*7-4-1-2-5(8)6(9)3-4;/h4*1,3H;.